The quantitative estimate of drug-likeness (QED) is 0.161. The monoisotopic (exact) mass is 726 g/mol. The van der Waals surface area contributed by atoms with Gasteiger partial charge in [-0.15, -0.1) is 0 Å². The van der Waals surface area contributed by atoms with Crippen LogP contribution in [0.15, 0.2) is 121 Å². The first-order valence-electron chi connectivity index (χ1n) is 16.8. The van der Waals surface area contributed by atoms with Crippen molar-refractivity contribution in [3.8, 4) is 91.8 Å². The van der Waals surface area contributed by atoms with E-state index in [1.54, 1.807) is 24.3 Å². The number of hydrogen-bond donors (Lipinski definition) is 0. The maximum atomic E-state index is 13.8. The van der Waals surface area contributed by atoms with Crippen molar-refractivity contribution in [1.82, 2.24) is 29.9 Å². The van der Waals surface area contributed by atoms with Crippen LogP contribution in [-0.4, -0.2) is 29.9 Å². The van der Waals surface area contributed by atoms with E-state index in [9.17, 15) is 29.8 Å². The van der Waals surface area contributed by atoms with E-state index < -0.39 is 11.6 Å². The van der Waals surface area contributed by atoms with Crippen LogP contribution in [0, 0.1) is 57.0 Å². The topological polar surface area (TPSA) is 172 Å². The fourth-order valence-electron chi connectivity index (χ4n) is 6.18. The number of nitrogens with zero attached hydrogens (tertiary/aromatic N) is 10. The molecule has 12 heteroatoms. The Morgan fingerprint density at radius 2 is 0.518 bits per heavy atom. The van der Waals surface area contributed by atoms with Crippen LogP contribution in [0.3, 0.4) is 0 Å². The smallest absolute Gasteiger partial charge is 0.177 e. The third kappa shape index (κ3) is 6.39. The van der Waals surface area contributed by atoms with E-state index in [1.807, 2.05) is 72.8 Å². The molecule has 3 aromatic heterocycles. The number of aromatic nitrogens is 6. The van der Waals surface area contributed by atoms with Crippen LogP contribution in [-0.2, 0) is 0 Å². The largest absolute Gasteiger partial charge is 0.244 e. The molecule has 0 amide bonds. The highest BCUT2D eigenvalue weighted by Gasteiger charge is 2.21. The van der Waals surface area contributed by atoms with Crippen molar-refractivity contribution >= 4 is 11.0 Å². The van der Waals surface area contributed by atoms with Gasteiger partial charge < -0.3 is 0 Å². The molecule has 0 aliphatic carbocycles. The van der Waals surface area contributed by atoms with E-state index in [2.05, 4.69) is 19.9 Å². The first-order chi connectivity index (χ1) is 27.4. The van der Waals surface area contributed by atoms with Gasteiger partial charge >= 0.3 is 0 Å². The third-order valence-corrected chi connectivity index (χ3v) is 8.88. The van der Waals surface area contributed by atoms with Crippen molar-refractivity contribution in [3.63, 3.8) is 0 Å². The van der Waals surface area contributed by atoms with Crippen LogP contribution in [0.2, 0.25) is 0 Å². The number of fused-ring (bicyclic) bond motifs is 1. The molecule has 5 aromatic carbocycles. The van der Waals surface area contributed by atoms with Gasteiger partial charge in [-0.25, -0.2) is 38.7 Å². The Hall–Kier alpha value is -8.58. The summed E-state index contributed by atoms with van der Waals surface area (Å²) in [5, 5.41) is 38.8. The first-order valence-corrected chi connectivity index (χ1v) is 16.8. The number of benzene rings is 5. The van der Waals surface area contributed by atoms with Crippen LogP contribution < -0.4 is 0 Å². The molecule has 0 saturated heterocycles. The van der Waals surface area contributed by atoms with Gasteiger partial charge in [0, 0.05) is 33.4 Å². The molecule has 260 valence electrons. The minimum atomic E-state index is -0.436. The van der Waals surface area contributed by atoms with Crippen LogP contribution in [0.5, 0.6) is 0 Å². The SMILES string of the molecule is N#Cc1nc(-c2ccc(F)cc2)c(-c2ccc(-c3nc4ccccc4nc3-c3ccc(-c4nc(C#N)c(C#N)nc4-c4ccc(F)cc4)cc3)cc2)nc1C#N. The Balaban J connectivity index is 1.23. The predicted molar refractivity (Wildman–Crippen MR) is 202 cm³/mol. The lowest BCUT2D eigenvalue weighted by atomic mass is 9.98. The Morgan fingerprint density at radius 1 is 0.304 bits per heavy atom. The number of para-hydroxylation sites is 2. The Kier molecular flexibility index (Phi) is 8.90. The molecule has 0 bridgehead atoms. The van der Waals surface area contributed by atoms with Gasteiger partial charge in [-0.3, -0.25) is 0 Å². The van der Waals surface area contributed by atoms with Gasteiger partial charge in [-0.05, 0) is 60.7 Å². The summed E-state index contributed by atoms with van der Waals surface area (Å²) in [6, 6.07) is 41.1. The second-order valence-corrected chi connectivity index (χ2v) is 12.3. The number of rotatable bonds is 6. The summed E-state index contributed by atoms with van der Waals surface area (Å²) in [7, 11) is 0. The molecular weight excluding hydrogens is 707 g/mol. The molecule has 0 aliphatic heterocycles. The standard InChI is InChI=1S/C44H20F2N10/c45-31-17-13-29(14-18-31)43-41(53-35(21-47)37(23-49)55-43)27-9-5-25(6-10-27)39-40(52-34-4-2-1-3-33(34)51-39)26-7-11-28(12-8-26)42-44(30-15-19-32(46)20-16-30)56-38(24-50)36(22-48)54-42/h1-20H. The van der Waals surface area contributed by atoms with Gasteiger partial charge in [0.2, 0.25) is 0 Å². The van der Waals surface area contributed by atoms with E-state index in [0.29, 0.717) is 78.6 Å². The van der Waals surface area contributed by atoms with Crippen LogP contribution in [0.4, 0.5) is 8.78 Å². The molecule has 3 heterocycles. The van der Waals surface area contributed by atoms with Crippen molar-refractivity contribution < 1.29 is 8.78 Å². The maximum absolute atomic E-state index is 13.8. The zero-order valence-electron chi connectivity index (χ0n) is 28.8. The molecule has 0 saturated carbocycles. The summed E-state index contributed by atoms with van der Waals surface area (Å²) in [6.07, 6.45) is 0. The predicted octanol–water partition coefficient (Wildman–Crippen LogP) is 8.98. The van der Waals surface area contributed by atoms with Crippen molar-refractivity contribution in [2.45, 2.75) is 0 Å². The molecule has 0 fully saturated rings. The average molecular weight is 727 g/mol. The Morgan fingerprint density at radius 3 is 0.750 bits per heavy atom. The second kappa shape index (κ2) is 14.4. The normalized spacial score (nSPS) is 10.6. The molecule has 0 N–H and O–H groups in total. The lowest BCUT2D eigenvalue weighted by Gasteiger charge is -2.14. The van der Waals surface area contributed by atoms with E-state index in [4.69, 9.17) is 9.97 Å². The molecule has 0 aliphatic rings. The maximum Gasteiger partial charge on any atom is 0.177 e. The Labute approximate surface area is 317 Å². The van der Waals surface area contributed by atoms with Crippen LogP contribution >= 0.6 is 0 Å². The lowest BCUT2D eigenvalue weighted by Crippen LogP contribution is -2.02. The summed E-state index contributed by atoms with van der Waals surface area (Å²) in [4.78, 5) is 27.9. The fourth-order valence-corrected chi connectivity index (χ4v) is 6.18. The van der Waals surface area contributed by atoms with Gasteiger partial charge in [0.05, 0.1) is 45.2 Å². The lowest BCUT2D eigenvalue weighted by molar-refractivity contribution is 0.627. The van der Waals surface area contributed by atoms with Crippen molar-refractivity contribution in [1.29, 1.82) is 21.0 Å². The molecule has 0 unspecified atom stereocenters. The number of hydrogen-bond acceptors (Lipinski definition) is 10. The van der Waals surface area contributed by atoms with Gasteiger partial charge in [-0.1, -0.05) is 60.7 Å². The zero-order chi connectivity index (χ0) is 38.8. The van der Waals surface area contributed by atoms with Crippen molar-refractivity contribution in [2.24, 2.45) is 0 Å². The average Bonchev–Trinajstić information content (AvgIpc) is 3.25. The summed E-state index contributed by atoms with van der Waals surface area (Å²) in [6.45, 7) is 0. The van der Waals surface area contributed by atoms with Crippen molar-refractivity contribution in [2.75, 3.05) is 0 Å². The molecular formula is C44H20F2N10. The summed E-state index contributed by atoms with van der Waals surface area (Å²) in [5.74, 6) is -0.871. The van der Waals surface area contributed by atoms with Gasteiger partial charge in [0.25, 0.3) is 0 Å². The number of halogens is 2. The number of nitriles is 4. The summed E-state index contributed by atoms with van der Waals surface area (Å²) >= 11 is 0. The summed E-state index contributed by atoms with van der Waals surface area (Å²) < 4.78 is 27.6. The molecule has 10 nitrogen and oxygen atoms in total. The fraction of sp³-hybridized carbons (Fsp3) is 0. The van der Waals surface area contributed by atoms with Gasteiger partial charge in [0.1, 0.15) is 35.9 Å². The minimum Gasteiger partial charge on any atom is -0.244 e. The summed E-state index contributed by atoms with van der Waals surface area (Å²) in [5.41, 5.74) is 6.90. The molecule has 8 rings (SSSR count). The highest BCUT2D eigenvalue weighted by molar-refractivity contribution is 5.88. The van der Waals surface area contributed by atoms with Crippen LogP contribution in [0.25, 0.3) is 78.6 Å². The minimum absolute atomic E-state index is 0.135. The third-order valence-electron chi connectivity index (χ3n) is 8.88. The first kappa shape index (κ1) is 34.5. The van der Waals surface area contributed by atoms with Crippen molar-refractivity contribution in [3.05, 3.63) is 156 Å². The molecule has 0 spiro atoms. The molecule has 0 atom stereocenters. The molecule has 0 radical (unpaired) electrons. The molecule has 56 heavy (non-hydrogen) atoms. The highest BCUT2D eigenvalue weighted by atomic mass is 19.1. The van der Waals surface area contributed by atoms with E-state index in [0.717, 1.165) is 0 Å². The van der Waals surface area contributed by atoms with E-state index in [1.165, 1.54) is 48.5 Å². The van der Waals surface area contributed by atoms with Gasteiger partial charge in [-0.2, -0.15) is 21.0 Å². The Bertz CT molecular complexity index is 2800. The van der Waals surface area contributed by atoms with E-state index >= 15 is 0 Å². The van der Waals surface area contributed by atoms with Crippen LogP contribution in [0.1, 0.15) is 22.8 Å². The second-order valence-electron chi connectivity index (χ2n) is 12.3. The van der Waals surface area contributed by atoms with E-state index in [-0.39, 0.29) is 22.8 Å². The highest BCUT2D eigenvalue weighted by Crippen LogP contribution is 2.37. The zero-order valence-corrected chi connectivity index (χ0v) is 28.8. The molecule has 8 aromatic rings. The van der Waals surface area contributed by atoms with Gasteiger partial charge in [0.15, 0.2) is 22.8 Å².